The summed E-state index contributed by atoms with van der Waals surface area (Å²) in [6.45, 7) is 5.92. The standard InChI is InChI=1S/C20H22N4O/c1-12-9-16-17(10-13(12)2)22-20-19(21-16)15-11-14(25)5-6-18(15)24(20)8-7-23(3)4/h5-6,9-11,25H,7-8H2,1-4H3. The summed E-state index contributed by atoms with van der Waals surface area (Å²) in [4.78, 5) is 12.0. The highest BCUT2D eigenvalue weighted by molar-refractivity contribution is 6.07. The predicted octanol–water partition coefficient (Wildman–Crippen LogP) is 3.62. The van der Waals surface area contributed by atoms with E-state index in [1.54, 1.807) is 12.1 Å². The molecule has 0 saturated carbocycles. The molecule has 0 saturated heterocycles. The number of aromatic nitrogens is 3. The van der Waals surface area contributed by atoms with Crippen LogP contribution in [0.4, 0.5) is 0 Å². The van der Waals surface area contributed by atoms with E-state index in [1.807, 2.05) is 6.07 Å². The Labute approximate surface area is 146 Å². The molecule has 2 aromatic heterocycles. The Morgan fingerprint density at radius 2 is 1.68 bits per heavy atom. The van der Waals surface area contributed by atoms with Crippen LogP contribution >= 0.6 is 0 Å². The lowest BCUT2D eigenvalue weighted by Crippen LogP contribution is -2.18. The zero-order valence-corrected chi connectivity index (χ0v) is 15.0. The molecular formula is C20H22N4O. The third-order valence-electron chi connectivity index (χ3n) is 4.81. The topological polar surface area (TPSA) is 54.2 Å². The third-order valence-corrected chi connectivity index (χ3v) is 4.81. The van der Waals surface area contributed by atoms with E-state index < -0.39 is 0 Å². The first kappa shape index (κ1) is 15.8. The fourth-order valence-corrected chi connectivity index (χ4v) is 3.26. The number of rotatable bonds is 3. The van der Waals surface area contributed by atoms with Gasteiger partial charge in [-0.05, 0) is 69.4 Å². The maximum Gasteiger partial charge on any atom is 0.160 e. The summed E-state index contributed by atoms with van der Waals surface area (Å²) in [6, 6.07) is 9.64. The molecule has 4 aromatic rings. The normalized spacial score (nSPS) is 12.0. The van der Waals surface area contributed by atoms with Crippen molar-refractivity contribution in [3.8, 4) is 5.75 Å². The average molecular weight is 334 g/mol. The molecule has 0 aliphatic heterocycles. The lowest BCUT2D eigenvalue weighted by atomic mass is 10.1. The maximum absolute atomic E-state index is 9.95. The van der Waals surface area contributed by atoms with Gasteiger partial charge in [-0.2, -0.15) is 0 Å². The van der Waals surface area contributed by atoms with Crippen LogP contribution in [0, 0.1) is 13.8 Å². The van der Waals surface area contributed by atoms with E-state index in [0.29, 0.717) is 0 Å². The summed E-state index contributed by atoms with van der Waals surface area (Å²) in [5.41, 5.74) is 7.01. The van der Waals surface area contributed by atoms with Crippen LogP contribution in [0.3, 0.4) is 0 Å². The molecule has 0 amide bonds. The van der Waals surface area contributed by atoms with E-state index in [4.69, 9.17) is 9.97 Å². The number of likely N-dealkylation sites (N-methyl/N-ethyl adjacent to an activating group) is 1. The van der Waals surface area contributed by atoms with Crippen molar-refractivity contribution in [2.24, 2.45) is 0 Å². The van der Waals surface area contributed by atoms with Gasteiger partial charge in [0.1, 0.15) is 11.3 Å². The van der Waals surface area contributed by atoms with Crippen molar-refractivity contribution in [3.05, 3.63) is 41.5 Å². The van der Waals surface area contributed by atoms with Crippen LogP contribution in [0.1, 0.15) is 11.1 Å². The molecular weight excluding hydrogens is 312 g/mol. The number of nitrogens with zero attached hydrogens (tertiary/aromatic N) is 4. The highest BCUT2D eigenvalue weighted by Crippen LogP contribution is 2.31. The van der Waals surface area contributed by atoms with Crippen LogP contribution in [0.15, 0.2) is 30.3 Å². The molecule has 0 atom stereocenters. The van der Waals surface area contributed by atoms with Crippen LogP contribution in [-0.4, -0.2) is 45.2 Å². The third kappa shape index (κ3) is 2.61. The molecule has 0 fully saturated rings. The smallest absolute Gasteiger partial charge is 0.160 e. The van der Waals surface area contributed by atoms with E-state index in [9.17, 15) is 5.11 Å². The molecule has 4 rings (SSSR count). The molecule has 5 heteroatoms. The van der Waals surface area contributed by atoms with Gasteiger partial charge in [-0.25, -0.2) is 9.97 Å². The van der Waals surface area contributed by atoms with Gasteiger partial charge in [0.25, 0.3) is 0 Å². The van der Waals surface area contributed by atoms with E-state index in [2.05, 4.69) is 49.5 Å². The average Bonchev–Trinajstić information content (AvgIpc) is 2.84. The Bertz CT molecular complexity index is 1110. The highest BCUT2D eigenvalue weighted by Gasteiger charge is 2.15. The van der Waals surface area contributed by atoms with Gasteiger partial charge >= 0.3 is 0 Å². The first-order chi connectivity index (χ1) is 11.9. The largest absolute Gasteiger partial charge is 0.508 e. The van der Waals surface area contributed by atoms with E-state index in [1.165, 1.54) is 11.1 Å². The van der Waals surface area contributed by atoms with E-state index >= 15 is 0 Å². The number of benzene rings is 2. The molecule has 25 heavy (non-hydrogen) atoms. The number of phenolic OH excluding ortho intramolecular Hbond substituents is 1. The van der Waals surface area contributed by atoms with Gasteiger partial charge in [-0.15, -0.1) is 0 Å². The van der Waals surface area contributed by atoms with Gasteiger partial charge in [0.2, 0.25) is 0 Å². The first-order valence-corrected chi connectivity index (χ1v) is 8.48. The number of aromatic hydroxyl groups is 1. The highest BCUT2D eigenvalue weighted by atomic mass is 16.3. The van der Waals surface area contributed by atoms with Crippen molar-refractivity contribution in [2.45, 2.75) is 20.4 Å². The zero-order valence-electron chi connectivity index (χ0n) is 15.0. The Morgan fingerprint density at radius 1 is 1.00 bits per heavy atom. The van der Waals surface area contributed by atoms with Gasteiger partial charge in [0.05, 0.1) is 16.6 Å². The van der Waals surface area contributed by atoms with Crippen LogP contribution in [-0.2, 0) is 6.54 Å². The molecule has 5 nitrogen and oxygen atoms in total. The number of hydrogen-bond donors (Lipinski definition) is 1. The van der Waals surface area contributed by atoms with Crippen molar-refractivity contribution in [1.82, 2.24) is 19.4 Å². The van der Waals surface area contributed by atoms with Gasteiger partial charge in [-0.1, -0.05) is 0 Å². The van der Waals surface area contributed by atoms with Crippen molar-refractivity contribution < 1.29 is 5.11 Å². The number of hydrogen-bond acceptors (Lipinski definition) is 4. The summed E-state index contributed by atoms with van der Waals surface area (Å²) in [6.07, 6.45) is 0. The minimum atomic E-state index is 0.251. The van der Waals surface area contributed by atoms with Gasteiger partial charge in [0.15, 0.2) is 5.65 Å². The summed E-state index contributed by atoms with van der Waals surface area (Å²) in [7, 11) is 4.12. The van der Waals surface area contributed by atoms with Gasteiger partial charge in [0, 0.05) is 18.5 Å². The summed E-state index contributed by atoms with van der Waals surface area (Å²) < 4.78 is 2.20. The van der Waals surface area contributed by atoms with Crippen molar-refractivity contribution in [1.29, 1.82) is 0 Å². The van der Waals surface area contributed by atoms with Crippen LogP contribution < -0.4 is 0 Å². The minimum Gasteiger partial charge on any atom is -0.508 e. The van der Waals surface area contributed by atoms with Crippen LogP contribution in [0.5, 0.6) is 5.75 Å². The second-order valence-electron chi connectivity index (χ2n) is 6.98. The van der Waals surface area contributed by atoms with Gasteiger partial charge < -0.3 is 14.6 Å². The quantitative estimate of drug-likeness (QED) is 0.622. The first-order valence-electron chi connectivity index (χ1n) is 8.48. The Hall–Kier alpha value is -2.66. The Morgan fingerprint density at radius 3 is 2.36 bits per heavy atom. The summed E-state index contributed by atoms with van der Waals surface area (Å²) >= 11 is 0. The molecule has 2 heterocycles. The lowest BCUT2D eigenvalue weighted by molar-refractivity contribution is 0.389. The van der Waals surface area contributed by atoms with Crippen molar-refractivity contribution in [2.75, 3.05) is 20.6 Å². The second kappa shape index (κ2) is 5.70. The van der Waals surface area contributed by atoms with Crippen molar-refractivity contribution >= 4 is 33.1 Å². The predicted molar refractivity (Wildman–Crippen MR) is 102 cm³/mol. The zero-order chi connectivity index (χ0) is 17.7. The molecule has 2 aromatic carbocycles. The lowest BCUT2D eigenvalue weighted by Gasteiger charge is -2.12. The Balaban J connectivity index is 2.08. The summed E-state index contributed by atoms with van der Waals surface area (Å²) in [5, 5.41) is 10.9. The molecule has 0 radical (unpaired) electrons. The maximum atomic E-state index is 9.95. The molecule has 0 unspecified atom stereocenters. The number of phenols is 1. The molecule has 0 spiro atoms. The van der Waals surface area contributed by atoms with E-state index in [0.717, 1.165) is 46.2 Å². The molecule has 1 N–H and O–H groups in total. The second-order valence-corrected chi connectivity index (χ2v) is 6.98. The molecule has 128 valence electrons. The van der Waals surface area contributed by atoms with Crippen molar-refractivity contribution in [3.63, 3.8) is 0 Å². The SMILES string of the molecule is Cc1cc2nc3c4cc(O)ccc4n(CCN(C)C)c3nc2cc1C. The fourth-order valence-electron chi connectivity index (χ4n) is 3.26. The van der Waals surface area contributed by atoms with Crippen LogP contribution in [0.25, 0.3) is 33.1 Å². The molecule has 0 aliphatic rings. The molecule has 0 bridgehead atoms. The number of fused-ring (bicyclic) bond motifs is 4. The summed E-state index contributed by atoms with van der Waals surface area (Å²) in [5.74, 6) is 0.251. The minimum absolute atomic E-state index is 0.251. The Kier molecular flexibility index (Phi) is 3.62. The van der Waals surface area contributed by atoms with E-state index in [-0.39, 0.29) is 5.75 Å². The number of aryl methyl sites for hydroxylation is 2. The molecule has 0 aliphatic carbocycles. The van der Waals surface area contributed by atoms with Crippen LogP contribution in [0.2, 0.25) is 0 Å². The monoisotopic (exact) mass is 334 g/mol. The fraction of sp³-hybridized carbons (Fsp3) is 0.300. The van der Waals surface area contributed by atoms with Gasteiger partial charge in [-0.3, -0.25) is 0 Å².